The van der Waals surface area contributed by atoms with E-state index in [1.165, 1.54) is 12.3 Å². The van der Waals surface area contributed by atoms with E-state index in [4.69, 9.17) is 16.3 Å². The van der Waals surface area contributed by atoms with Gasteiger partial charge in [0.1, 0.15) is 17.1 Å². The summed E-state index contributed by atoms with van der Waals surface area (Å²) in [5.74, 6) is -0.210. The minimum atomic E-state index is -1.15. The maximum Gasteiger partial charge on any atom is 0.223 e. The summed E-state index contributed by atoms with van der Waals surface area (Å²) >= 11 is 6.39. The number of rotatable bonds is 5. The van der Waals surface area contributed by atoms with E-state index in [1.54, 1.807) is 6.92 Å². The van der Waals surface area contributed by atoms with Crippen molar-refractivity contribution >= 4 is 28.9 Å². The normalized spacial score (nSPS) is 23.9. The molecule has 1 fully saturated rings. The lowest BCUT2D eigenvalue weighted by Crippen LogP contribution is -2.44. The number of halogens is 2. The third-order valence-corrected chi connectivity index (χ3v) is 6.69. The van der Waals surface area contributed by atoms with E-state index in [-0.39, 0.29) is 23.4 Å². The van der Waals surface area contributed by atoms with E-state index in [9.17, 15) is 10.2 Å². The fraction of sp³-hybridized carbons (Fsp3) is 0.522. The molecule has 1 aromatic carbocycles. The molecule has 9 heteroatoms. The summed E-state index contributed by atoms with van der Waals surface area (Å²) in [6.07, 6.45) is 1.86. The Bertz CT molecular complexity index is 1070. The van der Waals surface area contributed by atoms with Crippen LogP contribution in [0, 0.1) is 5.82 Å². The molecule has 1 saturated heterocycles. The smallest absolute Gasteiger partial charge is 0.223 e. The second-order valence-corrected chi connectivity index (χ2v) is 9.55. The van der Waals surface area contributed by atoms with Gasteiger partial charge in [0, 0.05) is 17.6 Å². The molecule has 32 heavy (non-hydrogen) atoms. The fourth-order valence-electron chi connectivity index (χ4n) is 4.36. The number of hydrogen-bond acceptors (Lipinski definition) is 7. The van der Waals surface area contributed by atoms with E-state index >= 15 is 4.39 Å². The summed E-state index contributed by atoms with van der Waals surface area (Å²) in [6.45, 7) is 8.19. The summed E-state index contributed by atoms with van der Waals surface area (Å²) in [4.78, 5) is 13.2. The van der Waals surface area contributed by atoms with E-state index in [1.807, 2.05) is 26.8 Å². The van der Waals surface area contributed by atoms with Gasteiger partial charge in [0.2, 0.25) is 5.95 Å². The second-order valence-electron chi connectivity index (χ2n) is 9.14. The molecular formula is C23H28ClFN4O3. The maximum absolute atomic E-state index is 15.2. The highest BCUT2D eigenvalue weighted by atomic mass is 35.5. The van der Waals surface area contributed by atoms with Crippen molar-refractivity contribution < 1.29 is 19.3 Å². The van der Waals surface area contributed by atoms with Crippen molar-refractivity contribution in [1.82, 2.24) is 9.97 Å². The van der Waals surface area contributed by atoms with Crippen LogP contribution in [0.25, 0.3) is 11.3 Å². The van der Waals surface area contributed by atoms with Crippen molar-refractivity contribution in [3.8, 4) is 11.3 Å². The van der Waals surface area contributed by atoms with Gasteiger partial charge in [-0.05, 0) is 37.5 Å². The third-order valence-electron chi connectivity index (χ3n) is 6.41. The van der Waals surface area contributed by atoms with Crippen LogP contribution in [0.15, 0.2) is 23.3 Å². The largest absolute Gasteiger partial charge is 0.389 e. The average molecular weight is 463 g/mol. The number of aromatic nitrogens is 2. The second kappa shape index (κ2) is 8.33. The first-order chi connectivity index (χ1) is 15.0. The number of aliphatic hydroxyl groups excluding tert-OH is 1. The number of benzene rings is 1. The van der Waals surface area contributed by atoms with E-state index in [2.05, 4.69) is 20.3 Å². The van der Waals surface area contributed by atoms with Gasteiger partial charge < -0.3 is 20.3 Å². The zero-order valence-corrected chi connectivity index (χ0v) is 19.4. The molecule has 0 amide bonds. The molecule has 7 nitrogen and oxygen atoms in total. The zero-order chi connectivity index (χ0) is 23.3. The molecule has 0 aliphatic carbocycles. The molecule has 3 heterocycles. The van der Waals surface area contributed by atoms with Gasteiger partial charge in [-0.1, -0.05) is 32.4 Å². The van der Waals surface area contributed by atoms with Crippen LogP contribution in [0.2, 0.25) is 5.02 Å². The van der Waals surface area contributed by atoms with Crippen molar-refractivity contribution in [2.24, 2.45) is 4.99 Å². The van der Waals surface area contributed by atoms with Crippen LogP contribution >= 0.6 is 11.6 Å². The van der Waals surface area contributed by atoms with Gasteiger partial charge in [0.15, 0.2) is 0 Å². The quantitative estimate of drug-likeness (QED) is 0.620. The lowest BCUT2D eigenvalue weighted by atomic mass is 9.74. The molecule has 3 N–H and O–H groups in total. The third kappa shape index (κ3) is 4.01. The minimum absolute atomic E-state index is 0.233. The molecule has 0 unspecified atom stereocenters. The Hall–Kier alpha value is -2.13. The topological polar surface area (TPSA) is 99.9 Å². The molecule has 1 aromatic heterocycles. The van der Waals surface area contributed by atoms with Crippen molar-refractivity contribution in [3.05, 3.63) is 34.7 Å². The Labute approximate surface area is 191 Å². The summed E-state index contributed by atoms with van der Waals surface area (Å²) < 4.78 is 20.4. The Morgan fingerprint density at radius 1 is 1.38 bits per heavy atom. The van der Waals surface area contributed by atoms with Gasteiger partial charge in [-0.2, -0.15) is 0 Å². The van der Waals surface area contributed by atoms with E-state index in [0.29, 0.717) is 47.9 Å². The molecule has 2 aliphatic rings. The average Bonchev–Trinajstić information content (AvgIpc) is 3.03. The molecule has 0 spiro atoms. The lowest BCUT2D eigenvalue weighted by Gasteiger charge is -2.32. The summed E-state index contributed by atoms with van der Waals surface area (Å²) in [5.41, 5.74) is 0.477. The number of hydrogen-bond donors (Lipinski definition) is 3. The standard InChI is InChI=1S/C23H28ClFN4O3/c1-5-23(4,31)20-22(2,3)13-8-12(9-15(25)19(13)28-20)18-14(24)10-26-21(29-18)27-16-6-7-32-11-17(16)30/h8-10,16-17,30-31H,5-7,11H2,1-4H3,(H,26,27,29)/t16-,17-,23-/m1/s1. The first kappa shape index (κ1) is 23.0. The molecule has 3 atom stereocenters. The first-order valence-electron chi connectivity index (χ1n) is 10.8. The van der Waals surface area contributed by atoms with Gasteiger partial charge in [0.25, 0.3) is 0 Å². The summed E-state index contributed by atoms with van der Waals surface area (Å²) in [6, 6.07) is 2.92. The predicted octanol–water partition coefficient (Wildman–Crippen LogP) is 4.02. The summed E-state index contributed by atoms with van der Waals surface area (Å²) in [7, 11) is 0. The van der Waals surface area contributed by atoms with Gasteiger partial charge in [-0.15, -0.1) is 0 Å². The van der Waals surface area contributed by atoms with Crippen molar-refractivity contribution in [2.45, 2.75) is 63.7 Å². The highest BCUT2D eigenvalue weighted by Crippen LogP contribution is 2.47. The molecular weight excluding hydrogens is 435 g/mol. The Balaban J connectivity index is 1.72. The Kier molecular flexibility index (Phi) is 6.00. The lowest BCUT2D eigenvalue weighted by molar-refractivity contribution is -0.0136. The van der Waals surface area contributed by atoms with Crippen LogP contribution in [0.4, 0.5) is 16.0 Å². The molecule has 2 aromatic rings. The van der Waals surface area contributed by atoms with Crippen molar-refractivity contribution in [1.29, 1.82) is 0 Å². The van der Waals surface area contributed by atoms with Gasteiger partial charge in [-0.3, -0.25) is 4.99 Å². The number of aliphatic imine (C=N–C) groups is 1. The number of ether oxygens (including phenoxy) is 1. The highest BCUT2D eigenvalue weighted by Gasteiger charge is 2.44. The molecule has 0 saturated carbocycles. The molecule has 4 rings (SSSR count). The maximum atomic E-state index is 15.2. The first-order valence-corrected chi connectivity index (χ1v) is 11.1. The Morgan fingerprint density at radius 3 is 2.81 bits per heavy atom. The van der Waals surface area contributed by atoms with Crippen molar-refractivity contribution in [3.63, 3.8) is 0 Å². The number of nitrogens with one attached hydrogen (secondary N) is 1. The van der Waals surface area contributed by atoms with Crippen LogP contribution < -0.4 is 5.32 Å². The SMILES string of the molecule is CC[C@@](C)(O)C1=Nc2c(F)cc(-c3nc(N[C@@H]4CCOC[C@H]4O)ncc3Cl)cc2C1(C)C. The molecule has 0 bridgehead atoms. The number of aliphatic hydroxyl groups is 2. The Morgan fingerprint density at radius 2 is 2.12 bits per heavy atom. The number of anilines is 1. The molecule has 172 valence electrons. The van der Waals surface area contributed by atoms with Crippen molar-refractivity contribution in [2.75, 3.05) is 18.5 Å². The van der Waals surface area contributed by atoms with Gasteiger partial charge in [0.05, 0.1) is 41.4 Å². The molecule has 0 radical (unpaired) electrons. The van der Waals surface area contributed by atoms with Gasteiger partial charge in [-0.25, -0.2) is 14.4 Å². The zero-order valence-electron chi connectivity index (χ0n) is 18.6. The van der Waals surface area contributed by atoms with E-state index in [0.717, 1.165) is 0 Å². The van der Waals surface area contributed by atoms with Gasteiger partial charge >= 0.3 is 0 Å². The highest BCUT2D eigenvalue weighted by molar-refractivity contribution is 6.33. The monoisotopic (exact) mass is 462 g/mol. The predicted molar refractivity (Wildman–Crippen MR) is 122 cm³/mol. The van der Waals surface area contributed by atoms with Crippen LogP contribution in [-0.4, -0.2) is 56.9 Å². The van der Waals surface area contributed by atoms with Crippen LogP contribution in [-0.2, 0) is 10.2 Å². The number of fused-ring (bicyclic) bond motifs is 1. The molecule has 2 aliphatic heterocycles. The number of nitrogens with zero attached hydrogens (tertiary/aromatic N) is 3. The van der Waals surface area contributed by atoms with Crippen LogP contribution in [0.5, 0.6) is 0 Å². The summed E-state index contributed by atoms with van der Waals surface area (Å²) in [5, 5.41) is 24.4. The minimum Gasteiger partial charge on any atom is -0.389 e. The fourth-order valence-corrected chi connectivity index (χ4v) is 4.56. The van der Waals surface area contributed by atoms with E-state index < -0.39 is 22.9 Å². The van der Waals surface area contributed by atoms with Crippen LogP contribution in [0.3, 0.4) is 0 Å². The van der Waals surface area contributed by atoms with Crippen LogP contribution in [0.1, 0.15) is 46.1 Å².